The predicted molar refractivity (Wildman–Crippen MR) is 99.2 cm³/mol. The van der Waals surface area contributed by atoms with Crippen LogP contribution in [-0.4, -0.2) is 25.1 Å². The van der Waals surface area contributed by atoms with E-state index < -0.39 is 0 Å². The van der Waals surface area contributed by atoms with E-state index in [-0.39, 0.29) is 11.9 Å². The van der Waals surface area contributed by atoms with E-state index in [1.165, 1.54) is 12.5 Å². The van der Waals surface area contributed by atoms with Crippen molar-refractivity contribution in [1.82, 2.24) is 5.32 Å². The van der Waals surface area contributed by atoms with E-state index in [0.29, 0.717) is 24.5 Å². The molecule has 2 rings (SSSR count). The smallest absolute Gasteiger partial charge is 0.319 e. The van der Waals surface area contributed by atoms with E-state index in [0.717, 1.165) is 11.3 Å². The molecule has 6 heteroatoms. The zero-order chi connectivity index (χ0) is 18.2. The fourth-order valence-corrected chi connectivity index (χ4v) is 2.22. The number of benzene rings is 2. The Morgan fingerprint density at radius 1 is 0.960 bits per heavy atom. The van der Waals surface area contributed by atoms with Crippen LogP contribution in [0.2, 0.25) is 0 Å². The summed E-state index contributed by atoms with van der Waals surface area (Å²) in [5.41, 5.74) is 3.60. The van der Waals surface area contributed by atoms with Crippen molar-refractivity contribution in [3.63, 3.8) is 0 Å². The van der Waals surface area contributed by atoms with Gasteiger partial charge in [-0.1, -0.05) is 12.1 Å². The molecule has 2 aromatic carbocycles. The van der Waals surface area contributed by atoms with Gasteiger partial charge >= 0.3 is 6.03 Å². The molecule has 25 heavy (non-hydrogen) atoms. The summed E-state index contributed by atoms with van der Waals surface area (Å²) in [5.74, 6) is 0.693. The highest BCUT2D eigenvalue weighted by molar-refractivity contribution is 5.91. The minimum absolute atomic E-state index is 0.137. The summed E-state index contributed by atoms with van der Waals surface area (Å²) in [6.45, 7) is 6.27. The van der Waals surface area contributed by atoms with Crippen molar-refractivity contribution in [2.45, 2.75) is 20.8 Å². The van der Waals surface area contributed by atoms with Gasteiger partial charge < -0.3 is 20.7 Å². The van der Waals surface area contributed by atoms with Crippen LogP contribution in [0.5, 0.6) is 5.75 Å². The molecule has 0 aliphatic carbocycles. The molecule has 0 aliphatic heterocycles. The number of urea groups is 1. The number of anilines is 2. The molecule has 0 fully saturated rings. The van der Waals surface area contributed by atoms with Crippen molar-refractivity contribution in [3.05, 3.63) is 53.6 Å². The van der Waals surface area contributed by atoms with Crippen LogP contribution in [0, 0.1) is 13.8 Å². The van der Waals surface area contributed by atoms with E-state index in [1.54, 1.807) is 24.3 Å². The molecule has 3 N–H and O–H groups in total. The molecule has 0 radical (unpaired) electrons. The summed E-state index contributed by atoms with van der Waals surface area (Å²) in [4.78, 5) is 22.8. The number of carbonyl (C=O) groups excluding carboxylic acids is 2. The van der Waals surface area contributed by atoms with Crippen LogP contribution in [0.3, 0.4) is 0 Å². The van der Waals surface area contributed by atoms with Crippen LogP contribution in [0.25, 0.3) is 0 Å². The highest BCUT2D eigenvalue weighted by Crippen LogP contribution is 2.20. The quantitative estimate of drug-likeness (QED) is 0.704. The lowest BCUT2D eigenvalue weighted by molar-refractivity contribution is -0.114. The van der Waals surface area contributed by atoms with Crippen LogP contribution in [-0.2, 0) is 4.79 Å². The van der Waals surface area contributed by atoms with Gasteiger partial charge in [-0.2, -0.15) is 0 Å². The molecule has 6 nitrogen and oxygen atoms in total. The van der Waals surface area contributed by atoms with Crippen molar-refractivity contribution in [2.24, 2.45) is 0 Å². The van der Waals surface area contributed by atoms with E-state index in [1.807, 2.05) is 32.0 Å². The van der Waals surface area contributed by atoms with Crippen LogP contribution in [0.15, 0.2) is 42.5 Å². The lowest BCUT2D eigenvalue weighted by atomic mass is 10.1. The first-order valence-corrected chi connectivity index (χ1v) is 8.07. The molecule has 0 aliphatic rings. The minimum Gasteiger partial charge on any atom is -0.491 e. The number of nitrogens with one attached hydrogen (secondary N) is 3. The van der Waals surface area contributed by atoms with Crippen molar-refractivity contribution in [3.8, 4) is 5.75 Å². The fourth-order valence-electron chi connectivity index (χ4n) is 2.22. The van der Waals surface area contributed by atoms with Gasteiger partial charge in [0.2, 0.25) is 5.91 Å². The largest absolute Gasteiger partial charge is 0.491 e. The molecule has 0 saturated carbocycles. The second kappa shape index (κ2) is 8.73. The Hall–Kier alpha value is -3.02. The van der Waals surface area contributed by atoms with E-state index in [9.17, 15) is 9.59 Å². The third-order valence-corrected chi connectivity index (χ3v) is 3.66. The number of hydrogen-bond donors (Lipinski definition) is 3. The monoisotopic (exact) mass is 341 g/mol. The van der Waals surface area contributed by atoms with Gasteiger partial charge in [0.05, 0.1) is 6.54 Å². The number of amides is 3. The van der Waals surface area contributed by atoms with E-state index in [2.05, 4.69) is 16.0 Å². The van der Waals surface area contributed by atoms with Crippen molar-refractivity contribution >= 4 is 23.3 Å². The predicted octanol–water partition coefficient (Wildman–Crippen LogP) is 3.46. The Labute approximate surface area is 147 Å². The average molecular weight is 341 g/mol. The molecule has 0 heterocycles. The first kappa shape index (κ1) is 18.3. The summed E-state index contributed by atoms with van der Waals surface area (Å²) >= 11 is 0. The highest BCUT2D eigenvalue weighted by Gasteiger charge is 2.04. The molecule has 0 saturated heterocycles. The zero-order valence-corrected chi connectivity index (χ0v) is 14.7. The topological polar surface area (TPSA) is 79.5 Å². The van der Waals surface area contributed by atoms with Crippen molar-refractivity contribution < 1.29 is 14.3 Å². The Balaban J connectivity index is 1.73. The Bertz CT molecular complexity index is 742. The lowest BCUT2D eigenvalue weighted by Gasteiger charge is -2.12. The van der Waals surface area contributed by atoms with Gasteiger partial charge in [0, 0.05) is 18.3 Å². The van der Waals surface area contributed by atoms with Gasteiger partial charge in [0.15, 0.2) is 0 Å². The molecule has 2 aromatic rings. The van der Waals surface area contributed by atoms with Gasteiger partial charge in [-0.3, -0.25) is 4.79 Å². The number of hydrogen-bond acceptors (Lipinski definition) is 3. The average Bonchev–Trinajstić information content (AvgIpc) is 2.56. The van der Waals surface area contributed by atoms with Crippen LogP contribution >= 0.6 is 0 Å². The minimum atomic E-state index is -0.308. The molecule has 0 bridgehead atoms. The Morgan fingerprint density at radius 2 is 1.60 bits per heavy atom. The summed E-state index contributed by atoms with van der Waals surface area (Å²) in [6.07, 6.45) is 0. The summed E-state index contributed by atoms with van der Waals surface area (Å²) in [7, 11) is 0. The maximum atomic E-state index is 11.9. The number of rotatable bonds is 6. The maximum Gasteiger partial charge on any atom is 0.319 e. The third-order valence-electron chi connectivity index (χ3n) is 3.66. The maximum absolute atomic E-state index is 11.9. The molecular formula is C19H23N3O3. The Morgan fingerprint density at radius 3 is 2.24 bits per heavy atom. The highest BCUT2D eigenvalue weighted by atomic mass is 16.5. The third kappa shape index (κ3) is 5.84. The summed E-state index contributed by atoms with van der Waals surface area (Å²) in [5, 5.41) is 8.13. The van der Waals surface area contributed by atoms with Gasteiger partial charge in [-0.15, -0.1) is 0 Å². The number of ether oxygens (including phenoxy) is 1. The standard InChI is InChI=1S/C19H23N3O3/c1-13-5-4-6-18(14(13)2)25-12-11-20-19(24)22-17-9-7-16(8-10-17)21-15(3)23/h4-10H,11-12H2,1-3H3,(H,21,23)(H2,20,22,24). The molecule has 0 atom stereocenters. The lowest BCUT2D eigenvalue weighted by Crippen LogP contribution is -2.32. The summed E-state index contributed by atoms with van der Waals surface area (Å²) in [6, 6.07) is 12.5. The molecule has 3 amide bonds. The molecule has 0 aromatic heterocycles. The summed E-state index contributed by atoms with van der Waals surface area (Å²) < 4.78 is 5.69. The van der Waals surface area contributed by atoms with Gasteiger partial charge in [-0.25, -0.2) is 4.79 Å². The van der Waals surface area contributed by atoms with Crippen LogP contribution in [0.4, 0.5) is 16.2 Å². The molecule has 0 unspecified atom stereocenters. The van der Waals surface area contributed by atoms with Gasteiger partial charge in [0.1, 0.15) is 12.4 Å². The normalized spacial score (nSPS) is 10.0. The van der Waals surface area contributed by atoms with Crippen LogP contribution in [0.1, 0.15) is 18.1 Å². The first-order valence-electron chi connectivity index (χ1n) is 8.07. The van der Waals surface area contributed by atoms with Crippen LogP contribution < -0.4 is 20.7 Å². The van der Waals surface area contributed by atoms with Gasteiger partial charge in [0.25, 0.3) is 0 Å². The van der Waals surface area contributed by atoms with Crippen molar-refractivity contribution in [2.75, 3.05) is 23.8 Å². The van der Waals surface area contributed by atoms with Gasteiger partial charge in [-0.05, 0) is 55.3 Å². The number of aryl methyl sites for hydroxylation is 1. The van der Waals surface area contributed by atoms with E-state index >= 15 is 0 Å². The molecule has 0 spiro atoms. The van der Waals surface area contributed by atoms with E-state index in [4.69, 9.17) is 4.74 Å². The second-order valence-corrected chi connectivity index (χ2v) is 5.69. The first-order chi connectivity index (χ1) is 12.0. The fraction of sp³-hybridized carbons (Fsp3) is 0.263. The zero-order valence-electron chi connectivity index (χ0n) is 14.7. The molecule has 132 valence electrons. The molecular weight excluding hydrogens is 318 g/mol. The SMILES string of the molecule is CC(=O)Nc1ccc(NC(=O)NCCOc2cccc(C)c2C)cc1. The second-order valence-electron chi connectivity index (χ2n) is 5.69. The number of carbonyl (C=O) groups is 2. The van der Waals surface area contributed by atoms with Crippen molar-refractivity contribution in [1.29, 1.82) is 0 Å². The Kier molecular flexibility index (Phi) is 6.39.